The second kappa shape index (κ2) is 9.52. The number of H-pyrrole nitrogens is 3. The van der Waals surface area contributed by atoms with Gasteiger partial charge in [0.15, 0.2) is 12.6 Å². The summed E-state index contributed by atoms with van der Waals surface area (Å²) in [6.45, 7) is 8.53. The Hall–Kier alpha value is -3.08. The molecular formula is C30H37N3O2. The van der Waals surface area contributed by atoms with Crippen molar-refractivity contribution in [1.29, 1.82) is 0 Å². The molecule has 5 heteroatoms. The minimum Gasteiger partial charge on any atom is -0.352 e. The number of carbonyl (C=O) groups is 2. The van der Waals surface area contributed by atoms with Crippen LogP contribution in [0.5, 0.6) is 0 Å². The molecule has 6 rings (SSSR count). The van der Waals surface area contributed by atoms with Crippen LogP contribution in [0.1, 0.15) is 119 Å². The Kier molecular flexibility index (Phi) is 6.43. The van der Waals surface area contributed by atoms with Crippen LogP contribution in [-0.2, 0) is 12.8 Å². The highest BCUT2D eigenvalue weighted by molar-refractivity contribution is 5.86. The summed E-state index contributed by atoms with van der Waals surface area (Å²) in [7, 11) is 0. The van der Waals surface area contributed by atoms with Crippen LogP contribution in [-0.4, -0.2) is 27.5 Å². The van der Waals surface area contributed by atoms with Crippen molar-refractivity contribution in [2.75, 3.05) is 0 Å². The molecule has 0 spiro atoms. The summed E-state index contributed by atoms with van der Waals surface area (Å²) in [5, 5.41) is 0. The number of rotatable bonds is 10. The highest BCUT2D eigenvalue weighted by atomic mass is 16.1. The van der Waals surface area contributed by atoms with Gasteiger partial charge in [-0.3, -0.25) is 9.59 Å². The molecule has 0 aliphatic heterocycles. The van der Waals surface area contributed by atoms with Gasteiger partial charge in [0, 0.05) is 11.8 Å². The fraction of sp³-hybridized carbons (Fsp3) is 0.467. The lowest BCUT2D eigenvalue weighted by molar-refractivity contribution is 0.111. The van der Waals surface area contributed by atoms with E-state index in [1.807, 2.05) is 0 Å². The van der Waals surface area contributed by atoms with Crippen LogP contribution in [0.4, 0.5) is 0 Å². The van der Waals surface area contributed by atoms with Crippen LogP contribution >= 0.6 is 0 Å². The summed E-state index contributed by atoms with van der Waals surface area (Å²) in [6.07, 6.45) is 15.2. The van der Waals surface area contributed by atoms with Gasteiger partial charge in [0.05, 0.1) is 34.2 Å². The van der Waals surface area contributed by atoms with E-state index in [1.54, 1.807) is 0 Å². The molecule has 184 valence electrons. The van der Waals surface area contributed by atoms with Crippen molar-refractivity contribution in [2.24, 2.45) is 0 Å². The van der Waals surface area contributed by atoms with Crippen LogP contribution < -0.4 is 0 Å². The van der Waals surface area contributed by atoms with Gasteiger partial charge in [-0.2, -0.15) is 0 Å². The molecule has 2 unspecified atom stereocenters. The number of hydrogen-bond donors (Lipinski definition) is 3. The lowest BCUT2D eigenvalue weighted by Crippen LogP contribution is -2.16. The van der Waals surface area contributed by atoms with E-state index in [1.165, 1.54) is 22.3 Å². The number of hydrogen-bond acceptors (Lipinski definition) is 2. The van der Waals surface area contributed by atoms with Crippen molar-refractivity contribution < 1.29 is 9.59 Å². The van der Waals surface area contributed by atoms with Gasteiger partial charge in [-0.25, -0.2) is 0 Å². The van der Waals surface area contributed by atoms with E-state index in [0.717, 1.165) is 97.8 Å². The predicted octanol–water partition coefficient (Wildman–Crippen LogP) is 7.46. The third-order valence-electron chi connectivity index (χ3n) is 8.32. The average Bonchev–Trinajstić information content (AvgIpc) is 3.54. The molecule has 3 N–H and O–H groups in total. The monoisotopic (exact) mass is 471 g/mol. The van der Waals surface area contributed by atoms with E-state index in [0.29, 0.717) is 23.2 Å². The van der Waals surface area contributed by atoms with Crippen LogP contribution in [0.25, 0.3) is 22.8 Å². The Bertz CT molecular complexity index is 1200. The van der Waals surface area contributed by atoms with E-state index in [2.05, 4.69) is 54.8 Å². The first kappa shape index (κ1) is 23.7. The summed E-state index contributed by atoms with van der Waals surface area (Å²) in [6, 6.07) is 0. The van der Waals surface area contributed by atoms with Gasteiger partial charge in [0.1, 0.15) is 0 Å². The molecule has 3 aliphatic rings. The van der Waals surface area contributed by atoms with E-state index in [-0.39, 0.29) is 0 Å². The normalized spacial score (nSPS) is 18.3. The molecule has 2 bridgehead atoms. The van der Waals surface area contributed by atoms with Crippen molar-refractivity contribution in [3.63, 3.8) is 0 Å². The molecule has 2 atom stereocenters. The first-order valence-corrected chi connectivity index (χ1v) is 13.3. The highest BCUT2D eigenvalue weighted by Crippen LogP contribution is 2.53. The summed E-state index contributed by atoms with van der Waals surface area (Å²) in [4.78, 5) is 34.6. The van der Waals surface area contributed by atoms with Gasteiger partial charge >= 0.3 is 0 Å². The third-order valence-corrected chi connectivity index (χ3v) is 8.32. The van der Waals surface area contributed by atoms with Crippen LogP contribution in [0.2, 0.25) is 0 Å². The lowest BCUT2D eigenvalue weighted by atomic mass is 9.71. The van der Waals surface area contributed by atoms with E-state index in [4.69, 9.17) is 0 Å². The summed E-state index contributed by atoms with van der Waals surface area (Å²) < 4.78 is 0. The van der Waals surface area contributed by atoms with Crippen molar-refractivity contribution in [3.8, 4) is 22.8 Å². The van der Waals surface area contributed by atoms with Crippen LogP contribution in [0, 0.1) is 13.8 Å². The van der Waals surface area contributed by atoms with Gasteiger partial charge in [0.25, 0.3) is 0 Å². The minimum atomic E-state index is 0.373. The molecule has 0 radical (unpaired) electrons. The Labute approximate surface area is 207 Å². The van der Waals surface area contributed by atoms with Gasteiger partial charge in [-0.1, -0.05) is 38.8 Å². The van der Waals surface area contributed by atoms with Crippen LogP contribution in [0.3, 0.4) is 0 Å². The summed E-state index contributed by atoms with van der Waals surface area (Å²) in [5.41, 5.74) is 13.1. The maximum atomic E-state index is 11.9. The topological polar surface area (TPSA) is 81.5 Å². The quantitative estimate of drug-likeness (QED) is 0.212. The molecule has 35 heavy (non-hydrogen) atoms. The number of fused-ring (bicyclic) bond motifs is 1. The van der Waals surface area contributed by atoms with Gasteiger partial charge < -0.3 is 15.0 Å². The average molecular weight is 472 g/mol. The Balaban J connectivity index is 1.76. The van der Waals surface area contributed by atoms with Crippen LogP contribution in [0.15, 0.2) is 12.2 Å². The zero-order valence-electron chi connectivity index (χ0n) is 21.4. The lowest BCUT2D eigenvalue weighted by Gasteiger charge is -2.32. The molecule has 0 amide bonds. The Morgan fingerprint density at radius 3 is 1.49 bits per heavy atom. The number of nitrogens with one attached hydrogen (secondary N) is 3. The molecule has 0 saturated heterocycles. The van der Waals surface area contributed by atoms with Crippen molar-refractivity contribution >= 4 is 12.6 Å². The number of aromatic nitrogens is 3. The number of aromatic amines is 3. The zero-order chi connectivity index (χ0) is 24.7. The maximum absolute atomic E-state index is 11.9. The first-order chi connectivity index (χ1) is 17.0. The standard InChI is InChI=1S/C30H37N3O2/c1-5-7-9-21-17(3)23(15-34)31-27(21)29-25-19-11-13-20(14-12-19)26(25)30(33-29)28-22(10-8-6-2)18(4)24(16-35)32-28/h11,13,15-16,19-20,31-33H,5-10,12,14H2,1-4H3. The van der Waals surface area contributed by atoms with Crippen molar-refractivity contribution in [1.82, 2.24) is 15.0 Å². The smallest absolute Gasteiger partial charge is 0.166 e. The third kappa shape index (κ3) is 3.76. The van der Waals surface area contributed by atoms with E-state index < -0.39 is 0 Å². The van der Waals surface area contributed by atoms with Crippen molar-refractivity contribution in [3.05, 3.63) is 56.9 Å². The molecule has 0 saturated carbocycles. The number of aldehydes is 2. The van der Waals surface area contributed by atoms with Gasteiger partial charge in [0.2, 0.25) is 0 Å². The fourth-order valence-corrected chi connectivity index (χ4v) is 6.30. The van der Waals surface area contributed by atoms with Gasteiger partial charge in [-0.15, -0.1) is 0 Å². The molecule has 0 aromatic carbocycles. The van der Waals surface area contributed by atoms with Gasteiger partial charge in [-0.05, 0) is 85.8 Å². The fourth-order valence-electron chi connectivity index (χ4n) is 6.30. The van der Waals surface area contributed by atoms with E-state index in [9.17, 15) is 9.59 Å². The molecule has 0 fully saturated rings. The molecular weight excluding hydrogens is 434 g/mol. The van der Waals surface area contributed by atoms with E-state index >= 15 is 0 Å². The number of allylic oxidation sites excluding steroid dienone is 2. The molecule has 5 nitrogen and oxygen atoms in total. The summed E-state index contributed by atoms with van der Waals surface area (Å²) >= 11 is 0. The largest absolute Gasteiger partial charge is 0.352 e. The molecule has 3 aromatic heterocycles. The molecule has 3 aliphatic carbocycles. The maximum Gasteiger partial charge on any atom is 0.166 e. The Morgan fingerprint density at radius 1 is 0.714 bits per heavy atom. The molecule has 3 aromatic rings. The first-order valence-electron chi connectivity index (χ1n) is 13.3. The predicted molar refractivity (Wildman–Crippen MR) is 142 cm³/mol. The Morgan fingerprint density at radius 2 is 1.14 bits per heavy atom. The zero-order valence-corrected chi connectivity index (χ0v) is 21.4. The highest BCUT2D eigenvalue weighted by Gasteiger charge is 2.37. The summed E-state index contributed by atoms with van der Waals surface area (Å²) in [5.74, 6) is 0.746. The SMILES string of the molecule is CCCCc1c(-c2[nH]c(-c3[nH]c(C=O)c(C)c3CCCC)c3c2C2C=CC3CC2)[nH]c(C=O)c1C. The number of unbranched alkanes of at least 4 members (excludes halogenated alkanes) is 2. The second-order valence-corrected chi connectivity index (χ2v) is 10.4. The second-order valence-electron chi connectivity index (χ2n) is 10.4. The molecule has 3 heterocycles. The minimum absolute atomic E-state index is 0.373. The van der Waals surface area contributed by atoms with Crippen molar-refractivity contribution in [2.45, 2.75) is 90.9 Å². The number of carbonyl (C=O) groups excluding carboxylic acids is 2.